The zero-order valence-corrected chi connectivity index (χ0v) is 15.1. The van der Waals surface area contributed by atoms with E-state index in [1.165, 1.54) is 11.1 Å². The number of benzene rings is 2. The number of hydrogen-bond donors (Lipinski definition) is 1. The number of nitrogens with zero attached hydrogens (tertiary/aromatic N) is 3. The SMILES string of the molecule is Cc1nc(CN(C)C(=O)c2ccc3c(c2)CCNC3)nc2ccccc12. The molecular formula is C21H22N4O. The van der Waals surface area contributed by atoms with E-state index < -0.39 is 0 Å². The number of para-hydroxylation sites is 1. The van der Waals surface area contributed by atoms with Crippen LogP contribution in [0.25, 0.3) is 10.9 Å². The summed E-state index contributed by atoms with van der Waals surface area (Å²) >= 11 is 0. The third-order valence-electron chi connectivity index (χ3n) is 4.91. The molecule has 1 N–H and O–H groups in total. The molecule has 5 nitrogen and oxygen atoms in total. The van der Waals surface area contributed by atoms with Gasteiger partial charge in [-0.2, -0.15) is 0 Å². The number of aromatic nitrogens is 2. The third kappa shape index (κ3) is 3.18. The Morgan fingerprint density at radius 1 is 1.15 bits per heavy atom. The number of hydrogen-bond acceptors (Lipinski definition) is 4. The first kappa shape index (κ1) is 16.7. The Hall–Kier alpha value is -2.79. The maximum Gasteiger partial charge on any atom is 0.254 e. The maximum atomic E-state index is 12.8. The number of aryl methyl sites for hydroxylation is 1. The van der Waals surface area contributed by atoms with E-state index in [1.54, 1.807) is 11.9 Å². The maximum absolute atomic E-state index is 12.8. The van der Waals surface area contributed by atoms with Gasteiger partial charge in [0.2, 0.25) is 0 Å². The Balaban J connectivity index is 1.56. The molecule has 0 spiro atoms. The van der Waals surface area contributed by atoms with Crippen LogP contribution in [-0.4, -0.2) is 34.4 Å². The summed E-state index contributed by atoms with van der Waals surface area (Å²) in [4.78, 5) is 23.7. The summed E-state index contributed by atoms with van der Waals surface area (Å²) in [5.41, 5.74) is 5.13. The van der Waals surface area contributed by atoms with Gasteiger partial charge >= 0.3 is 0 Å². The summed E-state index contributed by atoms with van der Waals surface area (Å²) in [6.45, 7) is 4.21. The smallest absolute Gasteiger partial charge is 0.254 e. The Bertz CT molecular complexity index is 983. The summed E-state index contributed by atoms with van der Waals surface area (Å²) in [6.07, 6.45) is 0.965. The van der Waals surface area contributed by atoms with Crippen molar-refractivity contribution >= 4 is 16.8 Å². The van der Waals surface area contributed by atoms with E-state index in [1.807, 2.05) is 43.3 Å². The first-order valence-corrected chi connectivity index (χ1v) is 8.92. The average Bonchev–Trinajstić information content (AvgIpc) is 2.67. The van der Waals surface area contributed by atoms with Crippen LogP contribution in [0.4, 0.5) is 0 Å². The lowest BCUT2D eigenvalue weighted by Crippen LogP contribution is -2.28. The number of fused-ring (bicyclic) bond motifs is 2. The predicted octanol–water partition coefficient (Wildman–Crippen LogP) is 2.86. The molecule has 4 rings (SSSR count). The van der Waals surface area contributed by atoms with E-state index in [9.17, 15) is 4.79 Å². The number of amides is 1. The first-order valence-electron chi connectivity index (χ1n) is 8.92. The van der Waals surface area contributed by atoms with Crippen LogP contribution in [-0.2, 0) is 19.5 Å². The van der Waals surface area contributed by atoms with Gasteiger partial charge in [-0.3, -0.25) is 4.79 Å². The molecule has 0 bridgehead atoms. The minimum absolute atomic E-state index is 0.000689. The molecule has 0 fully saturated rings. The van der Waals surface area contributed by atoms with Crippen LogP contribution in [0.2, 0.25) is 0 Å². The van der Waals surface area contributed by atoms with Crippen LogP contribution in [0.3, 0.4) is 0 Å². The fourth-order valence-corrected chi connectivity index (χ4v) is 3.48. The van der Waals surface area contributed by atoms with Crippen LogP contribution in [0.1, 0.15) is 33.0 Å². The Morgan fingerprint density at radius 3 is 2.88 bits per heavy atom. The van der Waals surface area contributed by atoms with Gasteiger partial charge in [0, 0.05) is 30.2 Å². The molecule has 2 aromatic carbocycles. The minimum Gasteiger partial charge on any atom is -0.334 e. The van der Waals surface area contributed by atoms with Crippen molar-refractivity contribution in [2.24, 2.45) is 0 Å². The molecule has 0 unspecified atom stereocenters. The minimum atomic E-state index is 0.000689. The van der Waals surface area contributed by atoms with E-state index in [0.717, 1.165) is 41.7 Å². The van der Waals surface area contributed by atoms with E-state index in [0.29, 0.717) is 12.4 Å². The Labute approximate surface area is 153 Å². The highest BCUT2D eigenvalue weighted by Crippen LogP contribution is 2.18. The van der Waals surface area contributed by atoms with E-state index in [4.69, 9.17) is 0 Å². The number of nitrogens with one attached hydrogen (secondary N) is 1. The molecule has 0 aliphatic carbocycles. The number of carbonyl (C=O) groups is 1. The predicted molar refractivity (Wildman–Crippen MR) is 102 cm³/mol. The highest BCUT2D eigenvalue weighted by molar-refractivity contribution is 5.94. The van der Waals surface area contributed by atoms with Crippen LogP contribution < -0.4 is 5.32 Å². The van der Waals surface area contributed by atoms with Crippen molar-refractivity contribution in [2.45, 2.75) is 26.4 Å². The zero-order chi connectivity index (χ0) is 18.1. The normalized spacial score (nSPS) is 13.5. The molecule has 1 amide bonds. The molecule has 0 saturated heterocycles. The van der Waals surface area contributed by atoms with Gasteiger partial charge in [-0.25, -0.2) is 9.97 Å². The number of rotatable bonds is 3. The molecule has 2 heterocycles. The van der Waals surface area contributed by atoms with Crippen LogP contribution >= 0.6 is 0 Å². The van der Waals surface area contributed by atoms with Crippen LogP contribution in [0.15, 0.2) is 42.5 Å². The number of carbonyl (C=O) groups excluding carboxylic acids is 1. The summed E-state index contributed by atoms with van der Waals surface area (Å²) in [5.74, 6) is 0.667. The van der Waals surface area contributed by atoms with Gasteiger partial charge < -0.3 is 10.2 Å². The molecule has 1 aliphatic heterocycles. The van der Waals surface area contributed by atoms with Crippen molar-refractivity contribution in [3.8, 4) is 0 Å². The molecule has 0 atom stereocenters. The van der Waals surface area contributed by atoms with Crippen molar-refractivity contribution in [3.63, 3.8) is 0 Å². The highest BCUT2D eigenvalue weighted by Gasteiger charge is 2.17. The fraction of sp³-hybridized carbons (Fsp3) is 0.286. The average molecular weight is 346 g/mol. The standard InChI is InChI=1S/C21H22N4O/c1-14-18-5-3-4-6-19(18)24-20(23-14)13-25(2)21(26)16-7-8-17-12-22-10-9-15(17)11-16/h3-8,11,22H,9-10,12-13H2,1-2H3. The van der Waals surface area contributed by atoms with Gasteiger partial charge in [0.1, 0.15) is 5.82 Å². The lowest BCUT2D eigenvalue weighted by molar-refractivity contribution is 0.0781. The molecule has 3 aromatic rings. The lowest BCUT2D eigenvalue weighted by Gasteiger charge is -2.20. The topological polar surface area (TPSA) is 58.1 Å². The lowest BCUT2D eigenvalue weighted by atomic mass is 9.98. The molecule has 132 valence electrons. The van der Waals surface area contributed by atoms with Gasteiger partial charge in [-0.1, -0.05) is 24.3 Å². The van der Waals surface area contributed by atoms with Gasteiger partial charge in [-0.05, 0) is 49.2 Å². The van der Waals surface area contributed by atoms with E-state index >= 15 is 0 Å². The van der Waals surface area contributed by atoms with Gasteiger partial charge in [-0.15, -0.1) is 0 Å². The van der Waals surface area contributed by atoms with Crippen LogP contribution in [0, 0.1) is 6.92 Å². The monoisotopic (exact) mass is 346 g/mol. The van der Waals surface area contributed by atoms with E-state index in [-0.39, 0.29) is 5.91 Å². The largest absolute Gasteiger partial charge is 0.334 e. The second kappa shape index (κ2) is 6.84. The van der Waals surface area contributed by atoms with Crippen molar-refractivity contribution in [2.75, 3.05) is 13.6 Å². The summed E-state index contributed by atoms with van der Waals surface area (Å²) in [6, 6.07) is 13.9. The zero-order valence-electron chi connectivity index (χ0n) is 15.1. The van der Waals surface area contributed by atoms with Crippen molar-refractivity contribution in [3.05, 3.63) is 70.7 Å². The Morgan fingerprint density at radius 2 is 2.00 bits per heavy atom. The molecule has 5 heteroatoms. The molecule has 26 heavy (non-hydrogen) atoms. The van der Waals surface area contributed by atoms with Gasteiger partial charge in [0.15, 0.2) is 0 Å². The highest BCUT2D eigenvalue weighted by atomic mass is 16.2. The second-order valence-electron chi connectivity index (χ2n) is 6.81. The molecule has 0 radical (unpaired) electrons. The molecule has 1 aliphatic rings. The molecule has 0 saturated carbocycles. The quantitative estimate of drug-likeness (QED) is 0.792. The first-order chi connectivity index (χ1) is 12.6. The van der Waals surface area contributed by atoms with Crippen molar-refractivity contribution in [1.29, 1.82) is 0 Å². The summed E-state index contributed by atoms with van der Waals surface area (Å²) in [7, 11) is 1.80. The second-order valence-corrected chi connectivity index (χ2v) is 6.81. The summed E-state index contributed by atoms with van der Waals surface area (Å²) < 4.78 is 0. The molecule has 1 aromatic heterocycles. The summed E-state index contributed by atoms with van der Waals surface area (Å²) in [5, 5.41) is 4.40. The third-order valence-corrected chi connectivity index (χ3v) is 4.91. The molecular weight excluding hydrogens is 324 g/mol. The fourth-order valence-electron chi connectivity index (χ4n) is 3.48. The van der Waals surface area contributed by atoms with Crippen LogP contribution in [0.5, 0.6) is 0 Å². The van der Waals surface area contributed by atoms with Gasteiger partial charge in [0.05, 0.1) is 12.1 Å². The Kier molecular flexibility index (Phi) is 4.39. The van der Waals surface area contributed by atoms with Crippen molar-refractivity contribution < 1.29 is 4.79 Å². The van der Waals surface area contributed by atoms with E-state index in [2.05, 4.69) is 21.4 Å². The van der Waals surface area contributed by atoms with Crippen molar-refractivity contribution in [1.82, 2.24) is 20.2 Å². The van der Waals surface area contributed by atoms with Gasteiger partial charge in [0.25, 0.3) is 5.91 Å².